The van der Waals surface area contributed by atoms with E-state index in [9.17, 15) is 19.8 Å². The van der Waals surface area contributed by atoms with E-state index < -0.39 is 0 Å². The number of hydrogen-bond acceptors (Lipinski definition) is 6. The van der Waals surface area contributed by atoms with Crippen molar-refractivity contribution in [3.8, 4) is 0 Å². The molecule has 3 atom stereocenters. The lowest BCUT2D eigenvalue weighted by molar-refractivity contribution is -0.145. The van der Waals surface area contributed by atoms with Gasteiger partial charge in [0.25, 0.3) is 0 Å². The van der Waals surface area contributed by atoms with Crippen LogP contribution in [-0.4, -0.2) is 65.8 Å². The topological polar surface area (TPSA) is 87.1 Å². The highest BCUT2D eigenvalue weighted by Gasteiger charge is 2.16. The molecule has 0 amide bonds. The van der Waals surface area contributed by atoms with Crippen LogP contribution in [0.2, 0.25) is 0 Å². The second-order valence-corrected chi connectivity index (χ2v) is 17.8. The fraction of sp³-hybridized carbons (Fsp3) is 0.961. The van der Waals surface area contributed by atoms with Crippen LogP contribution in [-0.2, 0) is 14.3 Å². The van der Waals surface area contributed by atoms with Crippen LogP contribution in [0.4, 0.5) is 0 Å². The van der Waals surface area contributed by atoms with Crippen molar-refractivity contribution in [2.45, 2.75) is 272 Å². The van der Waals surface area contributed by atoms with Gasteiger partial charge in [-0.15, -0.1) is 0 Å². The summed E-state index contributed by atoms with van der Waals surface area (Å²) >= 11 is 0. The minimum absolute atomic E-state index is 0.0322. The van der Waals surface area contributed by atoms with Crippen LogP contribution in [0.25, 0.3) is 0 Å². The molecule has 0 saturated carbocycles. The smallest absolute Gasteiger partial charge is 0.306 e. The minimum atomic E-state index is -0.357. The first-order valence-corrected chi connectivity index (χ1v) is 25.4. The number of nitrogens with zero attached hydrogens (tertiary/aromatic N) is 1. The van der Waals surface area contributed by atoms with Gasteiger partial charge < -0.3 is 24.6 Å². The Kier molecular flexibility index (Phi) is 48.6. The maximum atomic E-state index is 12.5. The molecule has 0 bridgehead atoms. The van der Waals surface area contributed by atoms with E-state index in [1.807, 2.05) is 0 Å². The van der Waals surface area contributed by atoms with Crippen molar-refractivity contribution in [1.82, 2.24) is 4.90 Å². The van der Waals surface area contributed by atoms with E-state index in [0.29, 0.717) is 37.2 Å². The number of rotatable bonds is 44. The number of esters is 1. The first-order chi connectivity index (χ1) is 27.8. The summed E-state index contributed by atoms with van der Waals surface area (Å²) in [6, 6.07) is 0. The number of carbonyl (C=O) groups is 2. The van der Waals surface area contributed by atoms with Crippen LogP contribution in [0.15, 0.2) is 0 Å². The summed E-state index contributed by atoms with van der Waals surface area (Å²) in [7, 11) is 0. The molecule has 0 aromatic heterocycles. The van der Waals surface area contributed by atoms with Gasteiger partial charge in [-0.25, -0.2) is 0 Å². The van der Waals surface area contributed by atoms with Gasteiger partial charge in [0.2, 0.25) is 0 Å². The Morgan fingerprint density at radius 2 is 0.842 bits per heavy atom. The summed E-state index contributed by atoms with van der Waals surface area (Å²) in [4.78, 5) is 26.1. The number of ether oxygens (including phenoxy) is 1. The third-order valence-electron chi connectivity index (χ3n) is 11.8. The number of Topliss-reactive ketones (excluding diaryl/α,β-unsaturated/α-hetero) is 1. The third-order valence-corrected chi connectivity index (χ3v) is 11.8. The molecular formula is C51H103NO5. The second kappa shape index (κ2) is 47.7. The molecule has 0 aliphatic carbocycles. The van der Waals surface area contributed by atoms with Crippen molar-refractivity contribution in [1.29, 1.82) is 0 Å². The average Bonchev–Trinajstić information content (AvgIpc) is 3.19. The van der Waals surface area contributed by atoms with Gasteiger partial charge in [0.1, 0.15) is 5.78 Å². The summed E-state index contributed by atoms with van der Waals surface area (Å²) in [5.41, 5.74) is 0. The molecule has 0 rings (SSSR count). The maximum absolute atomic E-state index is 12.5. The lowest BCUT2D eigenvalue weighted by Gasteiger charge is -2.25. The molecule has 2 N–H and O–H groups in total. The Labute approximate surface area is 357 Å². The van der Waals surface area contributed by atoms with Crippen LogP contribution in [0.1, 0.15) is 266 Å². The molecule has 342 valence electrons. The Morgan fingerprint density at radius 1 is 0.474 bits per heavy atom. The highest BCUT2D eigenvalue weighted by Crippen LogP contribution is 2.24. The minimum Gasteiger partial charge on any atom is -0.466 e. The molecule has 0 spiro atoms. The van der Waals surface area contributed by atoms with Crippen LogP contribution in [0.5, 0.6) is 0 Å². The van der Waals surface area contributed by atoms with Gasteiger partial charge in [0.05, 0.1) is 12.7 Å². The lowest BCUT2D eigenvalue weighted by Crippen LogP contribution is -2.34. The Hall–Kier alpha value is -0.980. The van der Waals surface area contributed by atoms with E-state index >= 15 is 0 Å². The number of ketones is 1. The van der Waals surface area contributed by atoms with Crippen molar-refractivity contribution >= 4 is 11.8 Å². The van der Waals surface area contributed by atoms with Gasteiger partial charge in [0.15, 0.2) is 0 Å². The van der Waals surface area contributed by atoms with Gasteiger partial charge in [-0.1, -0.05) is 202 Å². The van der Waals surface area contributed by atoms with Crippen LogP contribution in [0, 0.1) is 11.8 Å². The third kappa shape index (κ3) is 45.9. The van der Waals surface area contributed by atoms with Crippen LogP contribution >= 0.6 is 0 Å². The van der Waals surface area contributed by atoms with E-state index in [0.717, 1.165) is 64.5 Å². The fourth-order valence-electron chi connectivity index (χ4n) is 8.13. The van der Waals surface area contributed by atoms with Crippen molar-refractivity contribution in [3.63, 3.8) is 0 Å². The molecular weight excluding hydrogens is 707 g/mol. The molecule has 0 aromatic rings. The predicted octanol–water partition coefficient (Wildman–Crippen LogP) is 14.7. The van der Waals surface area contributed by atoms with Gasteiger partial charge >= 0.3 is 5.97 Å². The van der Waals surface area contributed by atoms with Gasteiger partial charge in [-0.05, 0) is 70.3 Å². The van der Waals surface area contributed by atoms with Crippen molar-refractivity contribution < 1.29 is 24.5 Å². The normalized spacial score (nSPS) is 13.0. The molecule has 0 aromatic carbocycles. The molecule has 6 nitrogen and oxygen atoms in total. The van der Waals surface area contributed by atoms with Crippen molar-refractivity contribution in [2.24, 2.45) is 11.8 Å². The fourth-order valence-corrected chi connectivity index (χ4v) is 8.13. The summed E-state index contributed by atoms with van der Waals surface area (Å²) < 4.78 is 5.60. The number of aliphatic hydroxyl groups excluding tert-OH is 2. The zero-order valence-corrected chi connectivity index (χ0v) is 39.6. The zero-order valence-electron chi connectivity index (χ0n) is 39.6. The van der Waals surface area contributed by atoms with Gasteiger partial charge in [-0.3, -0.25) is 4.79 Å². The number of carbonyl (C=O) groups excluding carboxylic acids is 2. The Balaban J connectivity index is 0. The SMILES string of the molecule is CCCCCCCCC(CCCCCC)CC(=O)OCCCCC(O)CN(CCCO)CCCCCCC.CCCCCCCCC(CCCCCC)CC(C)=O. The standard InChI is InChI=1S/C33H67NO4.C18H36O/c1-4-7-10-13-14-17-23-31(22-16-12-9-6-3)29-33(37)38-28-20-18-24-32(36)30-34(26-21-27-35)25-19-15-11-8-5-2;1-4-6-8-10-11-13-15-18(16-17(3)19)14-12-9-7-5-2/h31-32,35-36H,4-30H2,1-3H3;18H,4-16H2,1-3H3. The highest BCUT2D eigenvalue weighted by molar-refractivity contribution is 5.75. The molecule has 0 fully saturated rings. The van der Waals surface area contributed by atoms with E-state index in [-0.39, 0.29) is 18.7 Å². The van der Waals surface area contributed by atoms with Crippen molar-refractivity contribution in [2.75, 3.05) is 32.8 Å². The zero-order chi connectivity index (χ0) is 42.5. The Morgan fingerprint density at radius 3 is 1.28 bits per heavy atom. The van der Waals surface area contributed by atoms with E-state index in [1.54, 1.807) is 6.92 Å². The molecule has 0 aliphatic rings. The number of aliphatic hydroxyl groups is 2. The lowest BCUT2D eigenvalue weighted by atomic mass is 9.90. The number of hydrogen-bond donors (Lipinski definition) is 2. The predicted molar refractivity (Wildman–Crippen MR) is 248 cm³/mol. The molecule has 0 aliphatic heterocycles. The van der Waals surface area contributed by atoms with Gasteiger partial charge in [-0.2, -0.15) is 0 Å². The largest absolute Gasteiger partial charge is 0.466 e. The summed E-state index contributed by atoms with van der Waals surface area (Å²) in [5.74, 6) is 1.49. The number of unbranched alkanes of at least 4 members (excludes halogenated alkanes) is 21. The van der Waals surface area contributed by atoms with E-state index in [1.165, 1.54) is 167 Å². The molecule has 0 saturated heterocycles. The molecule has 6 heteroatoms. The van der Waals surface area contributed by atoms with E-state index in [2.05, 4.69) is 39.5 Å². The molecule has 3 unspecified atom stereocenters. The molecule has 57 heavy (non-hydrogen) atoms. The first-order valence-electron chi connectivity index (χ1n) is 25.4. The van der Waals surface area contributed by atoms with Crippen LogP contribution < -0.4 is 0 Å². The second-order valence-electron chi connectivity index (χ2n) is 17.8. The van der Waals surface area contributed by atoms with E-state index in [4.69, 9.17) is 4.74 Å². The summed E-state index contributed by atoms with van der Waals surface area (Å²) in [5, 5.41) is 19.8. The summed E-state index contributed by atoms with van der Waals surface area (Å²) in [6.45, 7) is 16.2. The Bertz CT molecular complexity index is 806. The monoisotopic (exact) mass is 810 g/mol. The van der Waals surface area contributed by atoms with Gasteiger partial charge in [0, 0.05) is 32.5 Å². The quantitative estimate of drug-likeness (QED) is 0.0471. The first kappa shape index (κ1) is 58.1. The molecule has 0 radical (unpaired) electrons. The summed E-state index contributed by atoms with van der Waals surface area (Å²) in [6.07, 6.45) is 41.7. The highest BCUT2D eigenvalue weighted by atomic mass is 16.5. The van der Waals surface area contributed by atoms with Crippen LogP contribution in [0.3, 0.4) is 0 Å². The maximum Gasteiger partial charge on any atom is 0.306 e. The average molecular weight is 810 g/mol. The molecule has 0 heterocycles. The van der Waals surface area contributed by atoms with Crippen molar-refractivity contribution in [3.05, 3.63) is 0 Å².